The van der Waals surface area contributed by atoms with E-state index in [1.165, 1.54) is 25.7 Å². The predicted octanol–water partition coefficient (Wildman–Crippen LogP) is 5.57. The van der Waals surface area contributed by atoms with Crippen LogP contribution in [0.15, 0.2) is 65.7 Å². The normalized spacial score (nSPS) is 15.9. The Morgan fingerprint density at radius 3 is 1.78 bits per heavy atom. The van der Waals surface area contributed by atoms with Crippen LogP contribution in [-0.4, -0.2) is 24.3 Å². The van der Waals surface area contributed by atoms with Gasteiger partial charge in [0.15, 0.2) is 0 Å². The second-order valence-electron chi connectivity index (χ2n) is 7.21. The Hall–Kier alpha value is -2.42. The van der Waals surface area contributed by atoms with Crippen molar-refractivity contribution in [2.75, 3.05) is 6.54 Å². The molecule has 142 valence electrons. The highest BCUT2D eigenvalue weighted by molar-refractivity contribution is 6.13. The first kappa shape index (κ1) is 19.3. The molecule has 0 N–H and O–H groups in total. The maximum absolute atomic E-state index is 12.4. The van der Waals surface area contributed by atoms with Crippen molar-refractivity contribution in [2.24, 2.45) is 4.99 Å². The van der Waals surface area contributed by atoms with Crippen molar-refractivity contribution in [3.05, 3.63) is 71.8 Å². The lowest BCUT2D eigenvalue weighted by molar-refractivity contribution is -0.147. The fourth-order valence-corrected chi connectivity index (χ4v) is 3.62. The highest BCUT2D eigenvalue weighted by atomic mass is 16.5. The smallest absolute Gasteiger partial charge is 0.327 e. The lowest BCUT2D eigenvalue weighted by Crippen LogP contribution is -2.20. The molecule has 0 spiro atoms. The van der Waals surface area contributed by atoms with Crippen molar-refractivity contribution < 1.29 is 9.53 Å². The molecule has 2 aromatic rings. The molecule has 0 atom stereocenters. The number of esters is 1. The SMILES string of the molecule is O=C(CN=C(c1ccccc1)c1ccccc1)OC1CCCCCCCC1. The van der Waals surface area contributed by atoms with Crippen LogP contribution in [0.1, 0.15) is 62.5 Å². The van der Waals surface area contributed by atoms with Gasteiger partial charge in [-0.05, 0) is 25.7 Å². The third-order valence-corrected chi connectivity index (χ3v) is 5.06. The summed E-state index contributed by atoms with van der Waals surface area (Å²) in [6.45, 7) is 0.0651. The lowest BCUT2D eigenvalue weighted by atomic mass is 10.0. The summed E-state index contributed by atoms with van der Waals surface area (Å²) in [5.74, 6) is -0.219. The van der Waals surface area contributed by atoms with Crippen LogP contribution >= 0.6 is 0 Å². The number of carbonyl (C=O) groups excluding carboxylic acids is 1. The molecule has 27 heavy (non-hydrogen) atoms. The molecular formula is C24H29NO2. The average Bonchev–Trinajstić information content (AvgIpc) is 2.84. The topological polar surface area (TPSA) is 38.7 Å². The van der Waals surface area contributed by atoms with E-state index in [4.69, 9.17) is 4.74 Å². The van der Waals surface area contributed by atoms with E-state index in [9.17, 15) is 4.79 Å². The van der Waals surface area contributed by atoms with Gasteiger partial charge in [0.1, 0.15) is 12.6 Å². The lowest BCUT2D eigenvalue weighted by Gasteiger charge is -2.16. The van der Waals surface area contributed by atoms with Crippen molar-refractivity contribution in [1.82, 2.24) is 0 Å². The van der Waals surface area contributed by atoms with E-state index >= 15 is 0 Å². The standard InChI is InChI=1S/C24H29NO2/c26-23(27-22-17-11-3-1-2-4-12-18-22)19-25-24(20-13-7-5-8-14-20)21-15-9-6-10-16-21/h5-10,13-16,22H,1-4,11-12,17-19H2. The quantitative estimate of drug-likeness (QED) is 0.514. The summed E-state index contributed by atoms with van der Waals surface area (Å²) in [6, 6.07) is 20.0. The van der Waals surface area contributed by atoms with Crippen molar-refractivity contribution in [2.45, 2.75) is 57.5 Å². The zero-order valence-electron chi connectivity index (χ0n) is 16.0. The molecule has 0 heterocycles. The molecule has 1 aliphatic carbocycles. The molecule has 3 nitrogen and oxygen atoms in total. The third kappa shape index (κ3) is 6.35. The van der Waals surface area contributed by atoms with E-state index < -0.39 is 0 Å². The Morgan fingerprint density at radius 2 is 1.26 bits per heavy atom. The zero-order valence-corrected chi connectivity index (χ0v) is 16.0. The zero-order chi connectivity index (χ0) is 18.7. The fraction of sp³-hybridized carbons (Fsp3) is 0.417. The number of hydrogen-bond donors (Lipinski definition) is 0. The molecule has 1 aliphatic rings. The van der Waals surface area contributed by atoms with Gasteiger partial charge in [-0.2, -0.15) is 0 Å². The van der Waals surface area contributed by atoms with Crippen LogP contribution < -0.4 is 0 Å². The Morgan fingerprint density at radius 1 is 0.778 bits per heavy atom. The van der Waals surface area contributed by atoms with Gasteiger partial charge in [0.2, 0.25) is 0 Å². The summed E-state index contributed by atoms with van der Waals surface area (Å²) < 4.78 is 5.76. The molecule has 0 aliphatic heterocycles. The molecule has 0 unspecified atom stereocenters. The molecule has 1 saturated carbocycles. The van der Waals surface area contributed by atoms with Gasteiger partial charge in [0, 0.05) is 11.1 Å². The van der Waals surface area contributed by atoms with Gasteiger partial charge in [-0.25, -0.2) is 0 Å². The van der Waals surface area contributed by atoms with Crippen LogP contribution in [0.4, 0.5) is 0 Å². The summed E-state index contributed by atoms with van der Waals surface area (Å²) >= 11 is 0. The highest BCUT2D eigenvalue weighted by Crippen LogP contribution is 2.19. The van der Waals surface area contributed by atoms with E-state index in [2.05, 4.69) is 4.99 Å². The molecule has 3 rings (SSSR count). The summed E-state index contributed by atoms with van der Waals surface area (Å²) in [7, 11) is 0. The van der Waals surface area contributed by atoms with Crippen molar-refractivity contribution in [1.29, 1.82) is 0 Å². The largest absolute Gasteiger partial charge is 0.461 e. The highest BCUT2D eigenvalue weighted by Gasteiger charge is 2.16. The minimum Gasteiger partial charge on any atom is -0.461 e. The average molecular weight is 364 g/mol. The molecular weight excluding hydrogens is 334 g/mol. The Bertz CT molecular complexity index is 673. The van der Waals surface area contributed by atoms with Crippen LogP contribution in [-0.2, 0) is 9.53 Å². The molecule has 3 heteroatoms. The van der Waals surface area contributed by atoms with E-state index in [1.54, 1.807) is 0 Å². The first-order valence-corrected chi connectivity index (χ1v) is 10.2. The summed E-state index contributed by atoms with van der Waals surface area (Å²) in [5.41, 5.74) is 2.86. The van der Waals surface area contributed by atoms with Gasteiger partial charge < -0.3 is 4.74 Å². The van der Waals surface area contributed by atoms with Crippen molar-refractivity contribution >= 4 is 11.7 Å². The number of nitrogens with zero attached hydrogens (tertiary/aromatic N) is 1. The molecule has 0 aromatic heterocycles. The number of carbonyl (C=O) groups is 1. The maximum Gasteiger partial charge on any atom is 0.327 e. The van der Waals surface area contributed by atoms with Gasteiger partial charge in [-0.3, -0.25) is 9.79 Å². The van der Waals surface area contributed by atoms with Crippen LogP contribution in [0.3, 0.4) is 0 Å². The van der Waals surface area contributed by atoms with Gasteiger partial charge in [0.25, 0.3) is 0 Å². The van der Waals surface area contributed by atoms with Gasteiger partial charge in [-0.1, -0.05) is 86.3 Å². The van der Waals surface area contributed by atoms with Gasteiger partial charge in [-0.15, -0.1) is 0 Å². The van der Waals surface area contributed by atoms with Crippen molar-refractivity contribution in [3.8, 4) is 0 Å². The molecule has 1 fully saturated rings. The maximum atomic E-state index is 12.4. The van der Waals surface area contributed by atoms with Crippen LogP contribution in [0.25, 0.3) is 0 Å². The Labute approximate surface area is 162 Å². The van der Waals surface area contributed by atoms with Crippen LogP contribution in [0, 0.1) is 0 Å². The Kier molecular flexibility index (Phi) is 7.64. The summed E-state index contributed by atoms with van der Waals surface area (Å²) in [5, 5.41) is 0. The first-order chi connectivity index (χ1) is 13.3. The minimum absolute atomic E-state index is 0.0581. The van der Waals surface area contributed by atoms with E-state index in [1.807, 2.05) is 60.7 Å². The van der Waals surface area contributed by atoms with Crippen LogP contribution in [0.5, 0.6) is 0 Å². The van der Waals surface area contributed by atoms with E-state index in [0.29, 0.717) is 0 Å². The number of aliphatic imine (C=N–C) groups is 1. The molecule has 0 amide bonds. The number of ether oxygens (including phenoxy) is 1. The summed E-state index contributed by atoms with van der Waals surface area (Å²) in [6.07, 6.45) is 9.45. The van der Waals surface area contributed by atoms with Crippen LogP contribution in [0.2, 0.25) is 0 Å². The predicted molar refractivity (Wildman–Crippen MR) is 110 cm³/mol. The minimum atomic E-state index is -0.219. The molecule has 2 aromatic carbocycles. The molecule has 0 bridgehead atoms. The summed E-state index contributed by atoms with van der Waals surface area (Å²) in [4.78, 5) is 17.1. The first-order valence-electron chi connectivity index (χ1n) is 10.2. The fourth-order valence-electron chi connectivity index (χ4n) is 3.62. The molecule has 0 saturated heterocycles. The monoisotopic (exact) mass is 363 g/mol. The van der Waals surface area contributed by atoms with Crippen molar-refractivity contribution in [3.63, 3.8) is 0 Å². The Balaban J connectivity index is 1.67. The number of benzene rings is 2. The number of rotatable bonds is 5. The second-order valence-corrected chi connectivity index (χ2v) is 7.21. The molecule has 0 radical (unpaired) electrons. The number of hydrogen-bond acceptors (Lipinski definition) is 3. The second kappa shape index (κ2) is 10.7. The van der Waals surface area contributed by atoms with Gasteiger partial charge >= 0.3 is 5.97 Å². The van der Waals surface area contributed by atoms with E-state index in [0.717, 1.165) is 42.5 Å². The van der Waals surface area contributed by atoms with E-state index in [-0.39, 0.29) is 18.6 Å². The van der Waals surface area contributed by atoms with Gasteiger partial charge in [0.05, 0.1) is 5.71 Å². The third-order valence-electron chi connectivity index (χ3n) is 5.06.